The van der Waals surface area contributed by atoms with Crippen molar-refractivity contribution in [1.29, 1.82) is 5.26 Å². The number of rotatable bonds is 2. The van der Waals surface area contributed by atoms with Crippen molar-refractivity contribution in [2.24, 2.45) is 0 Å². The van der Waals surface area contributed by atoms with E-state index in [9.17, 15) is 28.0 Å². The van der Waals surface area contributed by atoms with E-state index in [0.29, 0.717) is 5.69 Å². The van der Waals surface area contributed by atoms with Crippen molar-refractivity contribution in [1.82, 2.24) is 15.1 Å². The second kappa shape index (κ2) is 5.62. The normalized spacial score (nSPS) is 20.2. The third-order valence-corrected chi connectivity index (χ3v) is 4.39. The summed E-state index contributed by atoms with van der Waals surface area (Å²) in [6, 6.07) is 9.44. The Morgan fingerprint density at radius 3 is 2.31 bits per heavy atom. The predicted octanol–water partition coefficient (Wildman–Crippen LogP) is 2.20. The van der Waals surface area contributed by atoms with Gasteiger partial charge in [0.2, 0.25) is 11.3 Å². The van der Waals surface area contributed by atoms with Gasteiger partial charge in [-0.05, 0) is 26.0 Å². The number of benzene rings is 1. The van der Waals surface area contributed by atoms with Gasteiger partial charge in [0.05, 0.1) is 22.9 Å². The Hall–Kier alpha value is -3.28. The Labute approximate surface area is 145 Å². The SMILES string of the molecule is CC1=C(C#N)[C@](c2c(C)[nH]n(-c3ccccc3)c2=O)(C(F)(F)F)C(=O)N1. The fourth-order valence-corrected chi connectivity index (χ4v) is 3.29. The van der Waals surface area contributed by atoms with Gasteiger partial charge in [-0.15, -0.1) is 0 Å². The molecule has 0 aliphatic carbocycles. The van der Waals surface area contributed by atoms with Crippen molar-refractivity contribution in [3.8, 4) is 11.8 Å². The minimum absolute atomic E-state index is 0.145. The number of H-pyrrole nitrogens is 1. The third kappa shape index (κ3) is 2.12. The maximum Gasteiger partial charge on any atom is 0.412 e. The van der Waals surface area contributed by atoms with Crippen LogP contribution in [0.2, 0.25) is 0 Å². The average molecular weight is 362 g/mol. The van der Waals surface area contributed by atoms with Crippen LogP contribution in [-0.2, 0) is 10.2 Å². The van der Waals surface area contributed by atoms with Crippen molar-refractivity contribution in [3.05, 3.63) is 63.2 Å². The molecule has 0 saturated heterocycles. The number of halogens is 3. The van der Waals surface area contributed by atoms with E-state index in [1.807, 2.05) is 0 Å². The highest BCUT2D eigenvalue weighted by molar-refractivity contribution is 5.99. The lowest BCUT2D eigenvalue weighted by atomic mass is 9.74. The van der Waals surface area contributed by atoms with E-state index in [4.69, 9.17) is 0 Å². The smallest absolute Gasteiger partial charge is 0.328 e. The number of nitrogens with zero attached hydrogens (tertiary/aromatic N) is 2. The number of hydrogen-bond donors (Lipinski definition) is 2. The lowest BCUT2D eigenvalue weighted by Gasteiger charge is -2.28. The van der Waals surface area contributed by atoms with Crippen LogP contribution in [0.1, 0.15) is 18.2 Å². The highest BCUT2D eigenvalue weighted by atomic mass is 19.4. The number of para-hydroxylation sites is 1. The van der Waals surface area contributed by atoms with E-state index < -0.39 is 34.2 Å². The van der Waals surface area contributed by atoms with E-state index in [2.05, 4.69) is 10.4 Å². The summed E-state index contributed by atoms with van der Waals surface area (Å²) >= 11 is 0. The van der Waals surface area contributed by atoms with E-state index in [1.165, 1.54) is 32.0 Å². The van der Waals surface area contributed by atoms with Crippen LogP contribution in [0.3, 0.4) is 0 Å². The Bertz CT molecular complexity index is 1030. The zero-order chi connectivity index (χ0) is 19.3. The number of nitriles is 1. The molecule has 2 N–H and O–H groups in total. The molecule has 134 valence electrons. The number of aromatic amines is 1. The van der Waals surface area contributed by atoms with Gasteiger partial charge in [0.15, 0.2) is 0 Å². The number of alkyl halides is 3. The van der Waals surface area contributed by atoms with Gasteiger partial charge < -0.3 is 5.32 Å². The molecule has 0 spiro atoms. The summed E-state index contributed by atoms with van der Waals surface area (Å²) in [6.45, 7) is 2.46. The lowest BCUT2D eigenvalue weighted by Crippen LogP contribution is -2.53. The van der Waals surface area contributed by atoms with Crippen LogP contribution in [0.5, 0.6) is 0 Å². The molecule has 0 fully saturated rings. The van der Waals surface area contributed by atoms with Gasteiger partial charge in [-0.1, -0.05) is 18.2 Å². The maximum absolute atomic E-state index is 14.1. The summed E-state index contributed by atoms with van der Waals surface area (Å²) in [4.78, 5) is 25.2. The highest BCUT2D eigenvalue weighted by Crippen LogP contribution is 2.49. The minimum atomic E-state index is -5.18. The minimum Gasteiger partial charge on any atom is -0.328 e. The number of carbonyl (C=O) groups is 1. The van der Waals surface area contributed by atoms with Crippen LogP contribution in [0, 0.1) is 18.3 Å². The number of aryl methyl sites for hydroxylation is 1. The number of nitrogens with one attached hydrogen (secondary N) is 2. The van der Waals surface area contributed by atoms with Gasteiger partial charge in [-0.3, -0.25) is 14.7 Å². The van der Waals surface area contributed by atoms with Crippen molar-refractivity contribution in [3.63, 3.8) is 0 Å². The quantitative estimate of drug-likeness (QED) is 0.858. The first kappa shape index (κ1) is 17.5. The van der Waals surface area contributed by atoms with Gasteiger partial charge in [-0.2, -0.15) is 18.4 Å². The predicted molar refractivity (Wildman–Crippen MR) is 85.3 cm³/mol. The van der Waals surface area contributed by atoms with Gasteiger partial charge in [-0.25, -0.2) is 4.68 Å². The summed E-state index contributed by atoms with van der Waals surface area (Å²) in [5, 5.41) is 13.9. The molecule has 2 heterocycles. The first-order valence-corrected chi connectivity index (χ1v) is 7.53. The number of allylic oxidation sites excluding steroid dienone is 1. The molecule has 3 rings (SSSR count). The summed E-state index contributed by atoms with van der Waals surface area (Å²) in [5.74, 6) is -1.46. The molecule has 9 heteroatoms. The monoisotopic (exact) mass is 362 g/mol. The van der Waals surface area contributed by atoms with E-state index in [0.717, 1.165) is 4.68 Å². The fraction of sp³-hybridized carbons (Fsp3) is 0.235. The van der Waals surface area contributed by atoms with Crippen LogP contribution >= 0.6 is 0 Å². The molecule has 1 aliphatic rings. The molecule has 0 saturated carbocycles. The van der Waals surface area contributed by atoms with Crippen LogP contribution in [0.25, 0.3) is 5.69 Å². The largest absolute Gasteiger partial charge is 0.412 e. The Kier molecular flexibility index (Phi) is 3.79. The molecule has 6 nitrogen and oxygen atoms in total. The highest BCUT2D eigenvalue weighted by Gasteiger charge is 2.69. The van der Waals surface area contributed by atoms with Crippen molar-refractivity contribution in [2.45, 2.75) is 25.4 Å². The van der Waals surface area contributed by atoms with Crippen molar-refractivity contribution in [2.75, 3.05) is 0 Å². The van der Waals surface area contributed by atoms with Crippen LogP contribution in [0.4, 0.5) is 13.2 Å². The summed E-state index contributed by atoms with van der Waals surface area (Å²) in [6.07, 6.45) is -5.18. The number of carbonyl (C=O) groups excluding carboxylic acids is 1. The molecular formula is C17H13F3N4O2. The molecule has 1 atom stereocenters. The summed E-state index contributed by atoms with van der Waals surface area (Å²) in [5.41, 5.74) is -6.07. The molecule has 0 unspecified atom stereocenters. The number of hydrogen-bond acceptors (Lipinski definition) is 3. The zero-order valence-corrected chi connectivity index (χ0v) is 13.7. The lowest BCUT2D eigenvalue weighted by molar-refractivity contribution is -0.183. The maximum atomic E-state index is 14.1. The number of aromatic nitrogens is 2. The summed E-state index contributed by atoms with van der Waals surface area (Å²) in [7, 11) is 0. The second-order valence-electron chi connectivity index (χ2n) is 5.90. The van der Waals surface area contributed by atoms with Crippen LogP contribution in [-0.4, -0.2) is 21.9 Å². The van der Waals surface area contributed by atoms with Crippen LogP contribution < -0.4 is 10.9 Å². The fourth-order valence-electron chi connectivity index (χ4n) is 3.29. The Morgan fingerprint density at radius 1 is 1.15 bits per heavy atom. The summed E-state index contributed by atoms with van der Waals surface area (Å²) < 4.78 is 43.3. The Balaban J connectivity index is 2.41. The van der Waals surface area contributed by atoms with Crippen LogP contribution in [0.15, 0.2) is 46.4 Å². The second-order valence-corrected chi connectivity index (χ2v) is 5.90. The van der Waals surface area contributed by atoms with Gasteiger partial charge in [0, 0.05) is 11.4 Å². The van der Waals surface area contributed by atoms with Crippen molar-refractivity contribution < 1.29 is 18.0 Å². The van der Waals surface area contributed by atoms with Crippen molar-refractivity contribution >= 4 is 5.91 Å². The van der Waals surface area contributed by atoms with E-state index in [1.54, 1.807) is 18.2 Å². The van der Waals surface area contributed by atoms with Gasteiger partial charge >= 0.3 is 6.18 Å². The first-order chi connectivity index (χ1) is 12.2. The molecule has 0 radical (unpaired) electrons. The molecular weight excluding hydrogens is 349 g/mol. The molecule has 1 aromatic heterocycles. The molecule has 0 bridgehead atoms. The molecule has 1 aromatic carbocycles. The zero-order valence-electron chi connectivity index (χ0n) is 13.7. The Morgan fingerprint density at radius 2 is 1.77 bits per heavy atom. The molecule has 26 heavy (non-hydrogen) atoms. The van der Waals surface area contributed by atoms with E-state index in [-0.39, 0.29) is 11.4 Å². The molecule has 2 aromatic rings. The van der Waals surface area contributed by atoms with Gasteiger partial charge in [0.25, 0.3) is 5.56 Å². The van der Waals surface area contributed by atoms with Gasteiger partial charge in [0.1, 0.15) is 0 Å². The standard InChI is InChI=1S/C17H13F3N4O2/c1-9-12(8-21)16(15(26)22-9,17(18,19)20)13-10(2)23-24(14(13)25)11-6-4-3-5-7-11/h3-7,23H,1-2H3,(H,22,26)/t16-/m1/s1. The van der Waals surface area contributed by atoms with E-state index >= 15 is 0 Å². The molecule has 1 aliphatic heterocycles. The average Bonchev–Trinajstić information content (AvgIpc) is 3.00. The topological polar surface area (TPSA) is 90.7 Å². The first-order valence-electron chi connectivity index (χ1n) is 7.53. The number of amides is 1. The molecule has 1 amide bonds. The third-order valence-electron chi connectivity index (χ3n) is 4.39.